The van der Waals surface area contributed by atoms with E-state index in [0.29, 0.717) is 38.5 Å². The highest BCUT2D eigenvalue weighted by atomic mass is 16.6. The lowest BCUT2D eigenvalue weighted by Crippen LogP contribution is -2.13. The fourth-order valence-electron chi connectivity index (χ4n) is 9.44. The Morgan fingerprint density at radius 3 is 0.678 bits per heavy atom. The minimum absolute atomic E-state index is 0.00324. The molecule has 22 nitrogen and oxygen atoms in total. The summed E-state index contributed by atoms with van der Waals surface area (Å²) < 4.78 is 51.6. The number of carbonyl (C=O) groups is 10. The molecule has 4 aromatic carbocycles. The summed E-state index contributed by atoms with van der Waals surface area (Å²) in [6, 6.07) is 16.2. The van der Waals surface area contributed by atoms with E-state index in [2.05, 4.69) is 9.47 Å². The van der Waals surface area contributed by atoms with Gasteiger partial charge < -0.3 is 57.6 Å². The molecule has 90 heavy (non-hydrogen) atoms. The van der Waals surface area contributed by atoms with Crippen LogP contribution in [0.25, 0.3) is 0 Å². The molecule has 0 radical (unpaired) electrons. The largest absolute Gasteiger partial charge is 0.507 e. The van der Waals surface area contributed by atoms with Gasteiger partial charge in [-0.15, -0.1) is 0 Å². The maximum Gasteiger partial charge on any atom is 0.341 e. The Hall–Kier alpha value is -8.82. The van der Waals surface area contributed by atoms with E-state index in [0.717, 1.165) is 116 Å². The number of benzene rings is 4. The third kappa shape index (κ3) is 28.6. The number of phenols is 2. The molecule has 0 unspecified atom stereocenters. The van der Waals surface area contributed by atoms with Crippen LogP contribution in [0.2, 0.25) is 0 Å². The smallest absolute Gasteiger partial charge is 0.341 e. The van der Waals surface area contributed by atoms with Crippen molar-refractivity contribution in [3.63, 3.8) is 0 Å². The number of hydrogen-bond donors (Lipinski definition) is 2. The van der Waals surface area contributed by atoms with Crippen LogP contribution < -0.4 is 28.4 Å². The summed E-state index contributed by atoms with van der Waals surface area (Å²) in [6.45, 7) is 0. The van der Waals surface area contributed by atoms with Crippen LogP contribution in [-0.4, -0.2) is 98.3 Å². The van der Waals surface area contributed by atoms with Crippen LogP contribution in [0, 0.1) is 0 Å². The summed E-state index contributed by atoms with van der Waals surface area (Å²) in [4.78, 5) is 124. The molecule has 4 rings (SSSR count). The van der Waals surface area contributed by atoms with Gasteiger partial charge in [0.1, 0.15) is 68.2 Å². The van der Waals surface area contributed by atoms with E-state index in [1.54, 1.807) is 0 Å². The van der Waals surface area contributed by atoms with Gasteiger partial charge in [-0.1, -0.05) is 116 Å². The first-order chi connectivity index (χ1) is 43.4. The first kappa shape index (κ1) is 73.6. The summed E-state index contributed by atoms with van der Waals surface area (Å²) in [5.74, 6) is -5.88. The fraction of sp³-hybridized carbons (Fsp3) is 0.500. The highest BCUT2D eigenvalue weighted by Gasteiger charge is 2.22. The van der Waals surface area contributed by atoms with Crippen LogP contribution in [0.15, 0.2) is 72.8 Å². The molecule has 0 aromatic heterocycles. The monoisotopic (exact) mass is 1250 g/mol. The molecule has 0 saturated heterocycles. The second-order valence-corrected chi connectivity index (χ2v) is 21.5. The number of ether oxygens (including phenoxy) is 10. The van der Waals surface area contributed by atoms with E-state index in [4.69, 9.17) is 37.9 Å². The normalized spacial score (nSPS) is 10.8. The molecule has 0 spiro atoms. The zero-order valence-electron chi connectivity index (χ0n) is 52.2. The average Bonchev–Trinajstić information content (AvgIpc) is 2.98. The molecule has 0 amide bonds. The third-order valence-corrected chi connectivity index (χ3v) is 14.4. The average molecular weight is 1260 g/mol. The summed E-state index contributed by atoms with van der Waals surface area (Å²) in [5.41, 5.74) is -0.291. The van der Waals surface area contributed by atoms with Gasteiger partial charge in [-0.25, -0.2) is 19.2 Å². The number of aromatic hydroxyl groups is 2. The molecule has 0 saturated carbocycles. The lowest BCUT2D eigenvalue weighted by atomic mass is 10.1. The molecule has 0 aliphatic heterocycles. The highest BCUT2D eigenvalue weighted by molar-refractivity contribution is 5.96. The van der Waals surface area contributed by atoms with Gasteiger partial charge in [0, 0.05) is 38.5 Å². The van der Waals surface area contributed by atoms with Crippen LogP contribution in [0.3, 0.4) is 0 Å². The van der Waals surface area contributed by atoms with Crippen LogP contribution in [0.4, 0.5) is 0 Å². The van der Waals surface area contributed by atoms with Gasteiger partial charge in [0.2, 0.25) is 0 Å². The molecule has 4 aromatic rings. The molecular weight excluding hydrogens is 1170 g/mol. The predicted molar refractivity (Wildman–Crippen MR) is 327 cm³/mol. The van der Waals surface area contributed by atoms with Crippen molar-refractivity contribution >= 4 is 59.7 Å². The Balaban J connectivity index is 0.993. The van der Waals surface area contributed by atoms with Crippen molar-refractivity contribution in [2.75, 3.05) is 28.4 Å². The first-order valence-electron chi connectivity index (χ1n) is 31.0. The van der Waals surface area contributed by atoms with Gasteiger partial charge in [0.15, 0.2) is 0 Å². The van der Waals surface area contributed by atoms with E-state index < -0.39 is 59.7 Å². The SMILES string of the molecule is COC(=O)c1cc(OC(=O)CCCCCCCCCCC(=O)Oc2ccc(OC(=O)CCCCCCCCCCC(=O)Oc3ccc(OC(=O)CCCCCCCCCCC(=O)Oc4ccc(O)c(C(=O)OC)c4)c(C(=O)OC)c3)c(C(=O)OC)c2)ccc1O. The molecule has 22 heteroatoms. The number of carbonyl (C=O) groups excluding carboxylic acids is 10. The molecule has 490 valence electrons. The third-order valence-electron chi connectivity index (χ3n) is 14.4. The fourth-order valence-corrected chi connectivity index (χ4v) is 9.44. The minimum Gasteiger partial charge on any atom is -0.507 e. The second-order valence-electron chi connectivity index (χ2n) is 21.5. The van der Waals surface area contributed by atoms with E-state index in [1.165, 1.54) is 101 Å². The van der Waals surface area contributed by atoms with Crippen LogP contribution in [0.1, 0.15) is 234 Å². The van der Waals surface area contributed by atoms with Gasteiger partial charge >= 0.3 is 59.7 Å². The van der Waals surface area contributed by atoms with Gasteiger partial charge in [0.25, 0.3) is 0 Å². The van der Waals surface area contributed by atoms with Gasteiger partial charge in [-0.05, 0) is 111 Å². The standard InChI is InChI=1S/C68H86O22/c1-81-65(77)51-43-47(35-39-55(51)69)85-59(71)29-23-17-11-5-6-12-19-25-31-61(73)87-49-37-41-57(53(45-49)67(79)83-3)90-64(76)34-28-22-16-10-8-14-20-26-32-62(74)88-50-38-42-58(54(46-50)68(80)84-4)89-63(75)33-27-21-15-9-7-13-18-24-30-60(72)86-48-36-40-56(70)52(44-48)66(78)82-2/h35-46,69-70H,5-34H2,1-4H3. The van der Waals surface area contributed by atoms with Gasteiger partial charge in [0.05, 0.1) is 28.4 Å². The zero-order valence-corrected chi connectivity index (χ0v) is 52.2. The first-order valence-corrected chi connectivity index (χ1v) is 31.0. The molecule has 0 bridgehead atoms. The number of phenolic OH excluding ortho intramolecular Hbond substituents is 2. The maximum atomic E-state index is 12.8. The van der Waals surface area contributed by atoms with E-state index >= 15 is 0 Å². The quantitative estimate of drug-likeness (QED) is 0.0180. The van der Waals surface area contributed by atoms with Crippen LogP contribution in [-0.2, 0) is 47.7 Å². The Morgan fingerprint density at radius 2 is 0.444 bits per heavy atom. The topological polar surface area (TPSA) is 303 Å². The Kier molecular flexibility index (Phi) is 34.5. The van der Waals surface area contributed by atoms with Crippen LogP contribution >= 0.6 is 0 Å². The van der Waals surface area contributed by atoms with Crippen molar-refractivity contribution in [3.8, 4) is 46.0 Å². The number of hydrogen-bond acceptors (Lipinski definition) is 22. The lowest BCUT2D eigenvalue weighted by molar-refractivity contribution is -0.135. The molecule has 0 aliphatic rings. The van der Waals surface area contributed by atoms with Crippen molar-refractivity contribution < 1.29 is 106 Å². The second kappa shape index (κ2) is 42.2. The van der Waals surface area contributed by atoms with E-state index in [1.807, 2.05) is 0 Å². The Labute approximate surface area is 525 Å². The number of unbranched alkanes of at least 4 members (excludes halogenated alkanes) is 21. The minimum atomic E-state index is -0.758. The summed E-state index contributed by atoms with van der Waals surface area (Å²) in [6.07, 6.45) is 20.7. The highest BCUT2D eigenvalue weighted by Crippen LogP contribution is 2.30. The van der Waals surface area contributed by atoms with E-state index in [9.17, 15) is 58.2 Å². The molecule has 0 atom stereocenters. The molecule has 2 N–H and O–H groups in total. The number of rotatable bonds is 43. The number of methoxy groups -OCH3 is 4. The van der Waals surface area contributed by atoms with Crippen LogP contribution in [0.5, 0.6) is 46.0 Å². The summed E-state index contributed by atoms with van der Waals surface area (Å²) in [5, 5.41) is 19.6. The Morgan fingerprint density at radius 1 is 0.256 bits per heavy atom. The van der Waals surface area contributed by atoms with Crippen molar-refractivity contribution in [2.45, 2.75) is 193 Å². The van der Waals surface area contributed by atoms with Crippen molar-refractivity contribution in [2.24, 2.45) is 0 Å². The predicted octanol–water partition coefficient (Wildman–Crippen LogP) is 13.5. The lowest BCUT2D eigenvalue weighted by Gasteiger charge is -2.11. The summed E-state index contributed by atoms with van der Waals surface area (Å²) >= 11 is 0. The van der Waals surface area contributed by atoms with Gasteiger partial charge in [-0.2, -0.15) is 0 Å². The van der Waals surface area contributed by atoms with Crippen molar-refractivity contribution in [1.82, 2.24) is 0 Å². The molecule has 0 aliphatic carbocycles. The van der Waals surface area contributed by atoms with Crippen molar-refractivity contribution in [3.05, 3.63) is 95.1 Å². The molecule has 0 fully saturated rings. The summed E-state index contributed by atoms with van der Waals surface area (Å²) in [7, 11) is 4.76. The Bertz CT molecular complexity index is 3000. The number of esters is 10. The van der Waals surface area contributed by atoms with Gasteiger partial charge in [-0.3, -0.25) is 28.8 Å². The molecule has 0 heterocycles. The van der Waals surface area contributed by atoms with Crippen molar-refractivity contribution in [1.29, 1.82) is 0 Å². The maximum absolute atomic E-state index is 12.8. The molecular formula is C68H86O22. The zero-order chi connectivity index (χ0) is 65.5. The van der Waals surface area contributed by atoms with E-state index in [-0.39, 0.29) is 107 Å².